The molecular weight excluding hydrogens is 460 g/mol. The highest BCUT2D eigenvalue weighted by atomic mass is 16.2. The number of imide groups is 1. The van der Waals surface area contributed by atoms with Gasteiger partial charge in [0, 0.05) is 22.9 Å². The van der Waals surface area contributed by atoms with Crippen LogP contribution in [0.5, 0.6) is 0 Å². The summed E-state index contributed by atoms with van der Waals surface area (Å²) in [7, 11) is 0. The Labute approximate surface area is 215 Å². The Hall–Kier alpha value is -5.02. The summed E-state index contributed by atoms with van der Waals surface area (Å²) in [5.41, 5.74) is 4.59. The molecule has 6 nitrogen and oxygen atoms in total. The summed E-state index contributed by atoms with van der Waals surface area (Å²) >= 11 is 0. The highest BCUT2D eigenvalue weighted by molar-refractivity contribution is 6.20. The van der Waals surface area contributed by atoms with Crippen LogP contribution in [-0.2, 0) is 9.59 Å². The molecule has 0 spiro atoms. The van der Waals surface area contributed by atoms with E-state index in [1.807, 2.05) is 103 Å². The van der Waals surface area contributed by atoms with Crippen molar-refractivity contribution in [2.45, 2.75) is 19.9 Å². The third-order valence-electron chi connectivity index (χ3n) is 6.55. The number of benzene rings is 3. The van der Waals surface area contributed by atoms with Gasteiger partial charge in [0.25, 0.3) is 11.8 Å². The van der Waals surface area contributed by atoms with Crippen molar-refractivity contribution in [1.82, 2.24) is 14.7 Å². The standard InChI is InChI=1S/C31H24N4O2/c1-21-27(30(36)35(31(37)28(21)19-32)22(2)23-12-6-3-7-13-23)18-25-20-34(26-16-10-5-11-17-26)33-29(25)24-14-8-4-9-15-24/h3-18,20,22H,1-2H3/b27-18+. The molecule has 1 aromatic heterocycles. The molecule has 5 rings (SSSR count). The lowest BCUT2D eigenvalue weighted by molar-refractivity contribution is -0.143. The summed E-state index contributed by atoms with van der Waals surface area (Å²) in [6.07, 6.45) is 3.60. The zero-order valence-electron chi connectivity index (χ0n) is 20.5. The Balaban J connectivity index is 1.67. The number of nitrogens with zero attached hydrogens (tertiary/aromatic N) is 4. The molecule has 0 saturated heterocycles. The fraction of sp³-hybridized carbons (Fsp3) is 0.0968. The quantitative estimate of drug-likeness (QED) is 0.261. The maximum absolute atomic E-state index is 13.8. The minimum atomic E-state index is -0.582. The van der Waals surface area contributed by atoms with Gasteiger partial charge >= 0.3 is 0 Å². The summed E-state index contributed by atoms with van der Waals surface area (Å²) in [6.45, 7) is 3.44. The minimum absolute atomic E-state index is 0.0367. The van der Waals surface area contributed by atoms with E-state index in [9.17, 15) is 14.9 Å². The molecule has 1 atom stereocenters. The van der Waals surface area contributed by atoms with Gasteiger partial charge in [-0.3, -0.25) is 14.5 Å². The van der Waals surface area contributed by atoms with Crippen molar-refractivity contribution in [2.24, 2.45) is 0 Å². The number of aromatic nitrogens is 2. The Bertz CT molecular complexity index is 1580. The van der Waals surface area contributed by atoms with Crippen molar-refractivity contribution in [3.63, 3.8) is 0 Å². The van der Waals surface area contributed by atoms with Crippen LogP contribution in [0.3, 0.4) is 0 Å². The molecular formula is C31H24N4O2. The van der Waals surface area contributed by atoms with Gasteiger partial charge in [-0.25, -0.2) is 4.68 Å². The second-order valence-corrected chi connectivity index (χ2v) is 8.82. The maximum atomic E-state index is 13.8. The lowest BCUT2D eigenvalue weighted by atomic mass is 9.91. The maximum Gasteiger partial charge on any atom is 0.272 e. The minimum Gasteiger partial charge on any atom is -0.269 e. The van der Waals surface area contributed by atoms with Crippen molar-refractivity contribution in [2.75, 3.05) is 0 Å². The van der Waals surface area contributed by atoms with Crippen LogP contribution in [0.2, 0.25) is 0 Å². The Morgan fingerprint density at radius 1 is 0.865 bits per heavy atom. The predicted molar refractivity (Wildman–Crippen MR) is 142 cm³/mol. The zero-order chi connectivity index (χ0) is 25.9. The highest BCUT2D eigenvalue weighted by Gasteiger charge is 2.38. The lowest BCUT2D eigenvalue weighted by Crippen LogP contribution is -2.44. The van der Waals surface area contributed by atoms with Crippen molar-refractivity contribution < 1.29 is 9.59 Å². The first-order valence-corrected chi connectivity index (χ1v) is 12.0. The fourth-order valence-corrected chi connectivity index (χ4v) is 4.51. The van der Waals surface area contributed by atoms with Crippen LogP contribution in [0, 0.1) is 11.3 Å². The van der Waals surface area contributed by atoms with E-state index in [0.717, 1.165) is 16.8 Å². The molecule has 6 heteroatoms. The van der Waals surface area contributed by atoms with Crippen LogP contribution >= 0.6 is 0 Å². The third kappa shape index (κ3) is 4.39. The highest BCUT2D eigenvalue weighted by Crippen LogP contribution is 2.34. The van der Waals surface area contributed by atoms with Gasteiger partial charge in [0.15, 0.2) is 0 Å². The first kappa shape index (κ1) is 23.7. The first-order valence-electron chi connectivity index (χ1n) is 12.0. The molecule has 1 aliphatic rings. The van der Waals surface area contributed by atoms with Crippen molar-refractivity contribution in [1.29, 1.82) is 5.26 Å². The normalized spacial score (nSPS) is 15.7. The molecule has 1 aliphatic heterocycles. The number of amides is 2. The first-order chi connectivity index (χ1) is 18.0. The summed E-state index contributed by atoms with van der Waals surface area (Å²) < 4.78 is 1.77. The van der Waals surface area contributed by atoms with Gasteiger partial charge in [-0.1, -0.05) is 78.9 Å². The van der Waals surface area contributed by atoms with Gasteiger partial charge in [0.2, 0.25) is 0 Å². The molecule has 180 valence electrons. The largest absolute Gasteiger partial charge is 0.272 e. The Kier molecular flexibility index (Phi) is 6.36. The van der Waals surface area contributed by atoms with Gasteiger partial charge in [0.05, 0.1) is 17.4 Å². The molecule has 4 aromatic rings. The second kappa shape index (κ2) is 9.92. The summed E-state index contributed by atoms with van der Waals surface area (Å²) in [5.74, 6) is -1.02. The number of hydrogen-bond acceptors (Lipinski definition) is 4. The molecule has 0 bridgehead atoms. The number of carbonyl (C=O) groups excluding carboxylic acids is 2. The third-order valence-corrected chi connectivity index (χ3v) is 6.55. The number of rotatable bonds is 5. The van der Waals surface area contributed by atoms with E-state index in [4.69, 9.17) is 5.10 Å². The van der Waals surface area contributed by atoms with E-state index in [0.29, 0.717) is 22.4 Å². The molecule has 1 unspecified atom stereocenters. The van der Waals surface area contributed by atoms with Crippen LogP contribution in [-0.4, -0.2) is 26.5 Å². The molecule has 0 fully saturated rings. The summed E-state index contributed by atoms with van der Waals surface area (Å²) in [4.78, 5) is 28.2. The van der Waals surface area contributed by atoms with Crippen molar-refractivity contribution in [3.05, 3.63) is 125 Å². The molecule has 37 heavy (non-hydrogen) atoms. The smallest absolute Gasteiger partial charge is 0.269 e. The predicted octanol–water partition coefficient (Wildman–Crippen LogP) is 5.89. The van der Waals surface area contributed by atoms with Crippen LogP contribution in [0.25, 0.3) is 23.0 Å². The monoisotopic (exact) mass is 484 g/mol. The van der Waals surface area contributed by atoms with Gasteiger partial charge < -0.3 is 0 Å². The number of carbonyl (C=O) groups is 2. The molecule has 2 amide bonds. The van der Waals surface area contributed by atoms with Gasteiger partial charge in [-0.2, -0.15) is 10.4 Å². The number of hydrogen-bond donors (Lipinski definition) is 0. The Morgan fingerprint density at radius 2 is 1.46 bits per heavy atom. The molecule has 0 radical (unpaired) electrons. The zero-order valence-corrected chi connectivity index (χ0v) is 20.5. The molecule has 0 N–H and O–H groups in total. The molecule has 3 aromatic carbocycles. The van der Waals surface area contributed by atoms with E-state index < -0.39 is 17.9 Å². The van der Waals surface area contributed by atoms with E-state index in [1.165, 1.54) is 4.90 Å². The van der Waals surface area contributed by atoms with E-state index >= 15 is 0 Å². The van der Waals surface area contributed by atoms with Gasteiger partial charge in [-0.15, -0.1) is 0 Å². The SMILES string of the molecule is CC1=C(C#N)C(=O)N(C(C)c2ccccc2)C(=O)/C1=C/c1cn(-c2ccccc2)nc1-c1ccccc1. The second-order valence-electron chi connectivity index (χ2n) is 8.82. The molecule has 0 saturated carbocycles. The molecule has 0 aliphatic carbocycles. The lowest BCUT2D eigenvalue weighted by Gasteiger charge is -2.32. The summed E-state index contributed by atoms with van der Waals surface area (Å²) in [5, 5.41) is 14.7. The van der Waals surface area contributed by atoms with Crippen LogP contribution in [0.4, 0.5) is 0 Å². The molecule has 2 heterocycles. The topological polar surface area (TPSA) is 79.0 Å². The van der Waals surface area contributed by atoms with E-state index in [-0.39, 0.29) is 5.57 Å². The summed E-state index contributed by atoms with van der Waals surface area (Å²) in [6, 6.07) is 30.2. The number of nitriles is 1. The van der Waals surface area contributed by atoms with Crippen LogP contribution in [0.1, 0.15) is 31.0 Å². The van der Waals surface area contributed by atoms with Crippen molar-refractivity contribution >= 4 is 17.9 Å². The van der Waals surface area contributed by atoms with Crippen molar-refractivity contribution in [3.8, 4) is 23.0 Å². The van der Waals surface area contributed by atoms with E-state index in [2.05, 4.69) is 0 Å². The van der Waals surface area contributed by atoms with Gasteiger partial charge in [0.1, 0.15) is 11.6 Å². The average Bonchev–Trinajstić information content (AvgIpc) is 3.37. The van der Waals surface area contributed by atoms with E-state index in [1.54, 1.807) is 24.6 Å². The fourth-order valence-electron chi connectivity index (χ4n) is 4.51. The van der Waals surface area contributed by atoms with Crippen LogP contribution in [0.15, 0.2) is 114 Å². The number of para-hydroxylation sites is 1. The average molecular weight is 485 g/mol. The van der Waals surface area contributed by atoms with Gasteiger partial charge in [-0.05, 0) is 43.2 Å². The Morgan fingerprint density at radius 3 is 2.08 bits per heavy atom. The van der Waals surface area contributed by atoms with Crippen LogP contribution < -0.4 is 0 Å².